The van der Waals surface area contributed by atoms with Gasteiger partial charge in [0, 0.05) is 19.2 Å². The largest absolute Gasteiger partial charge is 0.392 e. The molecule has 4 unspecified atom stereocenters. The van der Waals surface area contributed by atoms with Gasteiger partial charge in [0.2, 0.25) is 0 Å². The minimum absolute atomic E-state index is 0.128. The summed E-state index contributed by atoms with van der Waals surface area (Å²) in [5, 5.41) is 13.3. The van der Waals surface area contributed by atoms with Gasteiger partial charge in [-0.1, -0.05) is 12.8 Å². The summed E-state index contributed by atoms with van der Waals surface area (Å²) in [5.74, 6) is 0.638. The van der Waals surface area contributed by atoms with Crippen molar-refractivity contribution in [3.05, 3.63) is 0 Å². The quantitative estimate of drug-likeness (QED) is 0.742. The zero-order chi connectivity index (χ0) is 10.7. The number of aliphatic hydroxyl groups is 1. The molecule has 1 saturated carbocycles. The molecule has 3 nitrogen and oxygen atoms in total. The van der Waals surface area contributed by atoms with E-state index in [0.717, 1.165) is 32.4 Å². The van der Waals surface area contributed by atoms with Gasteiger partial charge in [0.1, 0.15) is 0 Å². The van der Waals surface area contributed by atoms with E-state index in [4.69, 9.17) is 4.74 Å². The molecule has 0 aromatic rings. The van der Waals surface area contributed by atoms with E-state index < -0.39 is 0 Å². The van der Waals surface area contributed by atoms with Crippen molar-refractivity contribution in [3.8, 4) is 0 Å². The number of aliphatic hydroxyl groups excluding tert-OH is 1. The smallest absolute Gasteiger partial charge is 0.0693 e. The molecule has 0 spiro atoms. The van der Waals surface area contributed by atoms with Crippen LogP contribution in [0.15, 0.2) is 0 Å². The van der Waals surface area contributed by atoms with Gasteiger partial charge >= 0.3 is 0 Å². The number of rotatable bonds is 3. The summed E-state index contributed by atoms with van der Waals surface area (Å²) in [6.07, 6.45) is 5.96. The zero-order valence-electron chi connectivity index (χ0n) is 9.61. The Morgan fingerprint density at radius 3 is 2.73 bits per heavy atom. The standard InChI is InChI=1S/C12H23NO2/c1-9-10(6-7-15-9)8-13-11-4-2-3-5-12(11)14/h9-14H,2-8H2,1H3. The van der Waals surface area contributed by atoms with Crippen LogP contribution in [0.2, 0.25) is 0 Å². The molecule has 1 aliphatic heterocycles. The lowest BCUT2D eigenvalue weighted by atomic mass is 9.92. The molecule has 2 rings (SSSR count). The van der Waals surface area contributed by atoms with Crippen molar-refractivity contribution in [1.29, 1.82) is 0 Å². The summed E-state index contributed by atoms with van der Waals surface area (Å²) in [5.41, 5.74) is 0. The highest BCUT2D eigenvalue weighted by Gasteiger charge is 2.27. The van der Waals surface area contributed by atoms with Crippen molar-refractivity contribution < 1.29 is 9.84 Å². The molecule has 3 heteroatoms. The molecule has 0 bridgehead atoms. The molecule has 1 heterocycles. The van der Waals surface area contributed by atoms with Gasteiger partial charge in [0.05, 0.1) is 12.2 Å². The first kappa shape index (κ1) is 11.4. The van der Waals surface area contributed by atoms with Gasteiger partial charge in [0.25, 0.3) is 0 Å². The Balaban J connectivity index is 1.72. The van der Waals surface area contributed by atoms with E-state index in [2.05, 4.69) is 12.2 Å². The van der Waals surface area contributed by atoms with Gasteiger partial charge in [-0.25, -0.2) is 0 Å². The number of hydrogen-bond acceptors (Lipinski definition) is 3. The van der Waals surface area contributed by atoms with Gasteiger partial charge in [-0.05, 0) is 32.1 Å². The summed E-state index contributed by atoms with van der Waals surface area (Å²) >= 11 is 0. The van der Waals surface area contributed by atoms with Gasteiger partial charge in [-0.3, -0.25) is 0 Å². The van der Waals surface area contributed by atoms with E-state index in [1.807, 2.05) is 0 Å². The summed E-state index contributed by atoms with van der Waals surface area (Å²) in [4.78, 5) is 0. The van der Waals surface area contributed by atoms with Crippen LogP contribution in [0.1, 0.15) is 39.0 Å². The lowest BCUT2D eigenvalue weighted by molar-refractivity contribution is 0.0795. The van der Waals surface area contributed by atoms with E-state index in [-0.39, 0.29) is 6.10 Å². The molecule has 0 radical (unpaired) electrons. The van der Waals surface area contributed by atoms with Crippen molar-refractivity contribution in [2.24, 2.45) is 5.92 Å². The minimum atomic E-state index is -0.128. The van der Waals surface area contributed by atoms with E-state index in [1.165, 1.54) is 12.8 Å². The van der Waals surface area contributed by atoms with E-state index in [0.29, 0.717) is 18.1 Å². The molecular formula is C12H23NO2. The third kappa shape index (κ3) is 2.92. The normalized spacial score (nSPS) is 42.0. The first-order chi connectivity index (χ1) is 7.27. The van der Waals surface area contributed by atoms with Crippen LogP contribution in [0, 0.1) is 5.92 Å². The fraction of sp³-hybridized carbons (Fsp3) is 1.00. The van der Waals surface area contributed by atoms with Crippen molar-refractivity contribution in [1.82, 2.24) is 5.32 Å². The van der Waals surface area contributed by atoms with Crippen LogP contribution >= 0.6 is 0 Å². The van der Waals surface area contributed by atoms with Crippen molar-refractivity contribution in [2.75, 3.05) is 13.2 Å². The lowest BCUT2D eigenvalue weighted by Gasteiger charge is -2.30. The summed E-state index contributed by atoms with van der Waals surface area (Å²) in [7, 11) is 0. The predicted molar refractivity (Wildman–Crippen MR) is 59.8 cm³/mol. The highest BCUT2D eigenvalue weighted by atomic mass is 16.5. The fourth-order valence-electron chi connectivity index (χ4n) is 2.70. The van der Waals surface area contributed by atoms with Crippen molar-refractivity contribution in [2.45, 2.75) is 57.3 Å². The fourth-order valence-corrected chi connectivity index (χ4v) is 2.70. The van der Waals surface area contributed by atoms with Gasteiger partial charge in [-0.15, -0.1) is 0 Å². The second-order valence-corrected chi connectivity index (χ2v) is 4.99. The summed E-state index contributed by atoms with van der Waals surface area (Å²) in [6.45, 7) is 4.06. The maximum absolute atomic E-state index is 9.82. The Hall–Kier alpha value is -0.120. The molecule has 4 atom stereocenters. The predicted octanol–water partition coefficient (Wildman–Crippen LogP) is 1.30. The Morgan fingerprint density at radius 1 is 1.27 bits per heavy atom. The number of ether oxygens (including phenoxy) is 1. The third-order valence-corrected chi connectivity index (χ3v) is 3.90. The van der Waals surface area contributed by atoms with Gasteiger partial charge < -0.3 is 15.2 Å². The highest BCUT2D eigenvalue weighted by Crippen LogP contribution is 2.22. The Kier molecular flexibility index (Phi) is 4.00. The topological polar surface area (TPSA) is 41.5 Å². The maximum Gasteiger partial charge on any atom is 0.0693 e. The summed E-state index contributed by atoms with van der Waals surface area (Å²) < 4.78 is 5.53. The molecule has 2 fully saturated rings. The van der Waals surface area contributed by atoms with Crippen LogP contribution in [-0.2, 0) is 4.74 Å². The minimum Gasteiger partial charge on any atom is -0.392 e. The average Bonchev–Trinajstić information content (AvgIpc) is 2.63. The van der Waals surface area contributed by atoms with Crippen LogP contribution in [0.25, 0.3) is 0 Å². The molecule has 1 aliphatic carbocycles. The molecule has 0 amide bonds. The molecular weight excluding hydrogens is 190 g/mol. The Labute approximate surface area is 92.2 Å². The van der Waals surface area contributed by atoms with Crippen LogP contribution in [0.3, 0.4) is 0 Å². The summed E-state index contributed by atoms with van der Waals surface area (Å²) in [6, 6.07) is 0.326. The number of nitrogens with one attached hydrogen (secondary N) is 1. The Bertz CT molecular complexity index is 198. The molecule has 2 aliphatic rings. The SMILES string of the molecule is CC1OCCC1CNC1CCCCC1O. The molecule has 1 saturated heterocycles. The van der Waals surface area contributed by atoms with Crippen LogP contribution in [0.5, 0.6) is 0 Å². The number of hydrogen-bond donors (Lipinski definition) is 2. The van der Waals surface area contributed by atoms with E-state index >= 15 is 0 Å². The monoisotopic (exact) mass is 213 g/mol. The van der Waals surface area contributed by atoms with E-state index in [9.17, 15) is 5.11 Å². The molecule has 2 N–H and O–H groups in total. The van der Waals surface area contributed by atoms with Crippen LogP contribution in [-0.4, -0.2) is 36.5 Å². The Morgan fingerprint density at radius 2 is 2.07 bits per heavy atom. The lowest BCUT2D eigenvalue weighted by Crippen LogP contribution is -2.44. The second-order valence-electron chi connectivity index (χ2n) is 4.99. The third-order valence-electron chi connectivity index (χ3n) is 3.90. The molecule has 15 heavy (non-hydrogen) atoms. The second kappa shape index (κ2) is 5.28. The molecule has 88 valence electrons. The molecule has 0 aromatic heterocycles. The van der Waals surface area contributed by atoms with Gasteiger partial charge in [0.15, 0.2) is 0 Å². The van der Waals surface area contributed by atoms with E-state index in [1.54, 1.807) is 0 Å². The van der Waals surface area contributed by atoms with Gasteiger partial charge in [-0.2, -0.15) is 0 Å². The van der Waals surface area contributed by atoms with Crippen molar-refractivity contribution in [3.63, 3.8) is 0 Å². The maximum atomic E-state index is 9.82. The van der Waals surface area contributed by atoms with Crippen molar-refractivity contribution >= 4 is 0 Å². The zero-order valence-corrected chi connectivity index (χ0v) is 9.61. The highest BCUT2D eigenvalue weighted by molar-refractivity contribution is 4.83. The molecule has 0 aromatic carbocycles. The van der Waals surface area contributed by atoms with Crippen LogP contribution in [0.4, 0.5) is 0 Å². The average molecular weight is 213 g/mol. The first-order valence-electron chi connectivity index (χ1n) is 6.30. The van der Waals surface area contributed by atoms with Crippen LogP contribution < -0.4 is 5.32 Å². The first-order valence-corrected chi connectivity index (χ1v) is 6.30.